The Morgan fingerprint density at radius 2 is 1.72 bits per heavy atom. The van der Waals surface area contributed by atoms with E-state index in [1.165, 1.54) is 0 Å². The normalized spacial score (nSPS) is 13.2. The van der Waals surface area contributed by atoms with Gasteiger partial charge in [0.1, 0.15) is 11.6 Å². The molecule has 1 rings (SSSR count). The molecule has 1 aromatic rings. The zero-order chi connectivity index (χ0) is 22.0. The summed E-state index contributed by atoms with van der Waals surface area (Å²) in [6, 6.07) is 5.56. The predicted octanol–water partition coefficient (Wildman–Crippen LogP) is 3.07. The topological polar surface area (TPSA) is 125 Å². The number of benzene rings is 1. The van der Waals surface area contributed by atoms with Gasteiger partial charge in [-0.05, 0) is 57.7 Å². The second-order valence-electron chi connectivity index (χ2n) is 7.68. The lowest BCUT2D eigenvalue weighted by Gasteiger charge is -2.23. The lowest BCUT2D eigenvalue weighted by Crippen LogP contribution is -2.45. The number of anilines is 1. The van der Waals surface area contributed by atoms with E-state index in [0.717, 1.165) is 5.69 Å². The molecule has 2 atom stereocenters. The Kier molecular flexibility index (Phi) is 9.37. The molecule has 0 bridgehead atoms. The van der Waals surface area contributed by atoms with E-state index < -0.39 is 42.3 Å². The fourth-order valence-electron chi connectivity index (χ4n) is 2.57. The highest BCUT2D eigenvalue weighted by molar-refractivity contribution is 5.81. The third-order valence-corrected chi connectivity index (χ3v) is 3.93. The van der Waals surface area contributed by atoms with Crippen molar-refractivity contribution in [2.45, 2.75) is 51.7 Å². The summed E-state index contributed by atoms with van der Waals surface area (Å²) < 4.78 is 17.2. The van der Waals surface area contributed by atoms with Crippen molar-refractivity contribution in [1.29, 1.82) is 0 Å². The van der Waals surface area contributed by atoms with Gasteiger partial charge in [-0.1, -0.05) is 12.1 Å². The van der Waals surface area contributed by atoms with Gasteiger partial charge in [0.05, 0.1) is 12.6 Å². The number of aliphatic carboxylic acids is 2. The molecule has 0 heterocycles. The first kappa shape index (κ1) is 24.2. The van der Waals surface area contributed by atoms with Gasteiger partial charge in [0, 0.05) is 12.2 Å². The molecule has 162 valence electrons. The van der Waals surface area contributed by atoms with Crippen LogP contribution in [-0.2, 0) is 20.7 Å². The molecule has 0 radical (unpaired) electrons. The Hall–Kier alpha value is -2.84. The van der Waals surface area contributed by atoms with Gasteiger partial charge in [-0.2, -0.15) is 0 Å². The molecular formula is C20H29FN2O6. The van der Waals surface area contributed by atoms with Crippen molar-refractivity contribution < 1.29 is 33.7 Å². The number of carboxylic acids is 2. The number of nitrogens with one attached hydrogen (secondary N) is 2. The predicted molar refractivity (Wildman–Crippen MR) is 106 cm³/mol. The van der Waals surface area contributed by atoms with E-state index in [-0.39, 0.29) is 12.8 Å². The number of alkyl halides is 1. The second kappa shape index (κ2) is 11.2. The molecule has 4 N–H and O–H groups in total. The van der Waals surface area contributed by atoms with E-state index >= 15 is 0 Å². The van der Waals surface area contributed by atoms with E-state index in [1.807, 2.05) is 0 Å². The molecule has 29 heavy (non-hydrogen) atoms. The molecule has 0 aliphatic rings. The van der Waals surface area contributed by atoms with Crippen molar-refractivity contribution in [3.63, 3.8) is 0 Å². The Morgan fingerprint density at radius 3 is 2.21 bits per heavy atom. The molecule has 0 aliphatic heterocycles. The van der Waals surface area contributed by atoms with Crippen LogP contribution in [0.5, 0.6) is 0 Å². The number of ether oxygens (including phenoxy) is 1. The minimum Gasteiger partial charge on any atom is -0.481 e. The molecule has 8 nitrogen and oxygen atoms in total. The monoisotopic (exact) mass is 412 g/mol. The summed E-state index contributed by atoms with van der Waals surface area (Å²) in [6.07, 6.45) is -0.720. The van der Waals surface area contributed by atoms with Crippen molar-refractivity contribution in [3.05, 3.63) is 29.8 Å². The third kappa shape index (κ3) is 9.77. The average Bonchev–Trinajstić information content (AvgIpc) is 2.60. The van der Waals surface area contributed by atoms with Crippen molar-refractivity contribution in [2.24, 2.45) is 5.92 Å². The van der Waals surface area contributed by atoms with E-state index in [4.69, 9.17) is 4.74 Å². The van der Waals surface area contributed by atoms with Crippen LogP contribution in [0, 0.1) is 5.92 Å². The van der Waals surface area contributed by atoms with Gasteiger partial charge < -0.3 is 25.6 Å². The molecule has 1 amide bonds. The number of amides is 1. The number of halogens is 1. The number of rotatable bonds is 11. The Bertz CT molecular complexity index is 687. The lowest BCUT2D eigenvalue weighted by molar-refractivity contribution is -0.144. The maximum Gasteiger partial charge on any atom is 0.408 e. The average molecular weight is 412 g/mol. The first-order valence-electron chi connectivity index (χ1n) is 9.35. The van der Waals surface area contributed by atoms with Gasteiger partial charge in [-0.25, -0.2) is 9.59 Å². The molecule has 0 fully saturated rings. The number of carboxylic acid groups (broad SMARTS) is 2. The van der Waals surface area contributed by atoms with Crippen molar-refractivity contribution in [2.75, 3.05) is 18.5 Å². The molecule has 0 saturated carbocycles. The lowest BCUT2D eigenvalue weighted by atomic mass is 9.92. The van der Waals surface area contributed by atoms with Gasteiger partial charge in [-0.15, -0.1) is 0 Å². The summed E-state index contributed by atoms with van der Waals surface area (Å²) in [5, 5.41) is 24.1. The molecule has 1 aromatic carbocycles. The molecule has 0 spiro atoms. The van der Waals surface area contributed by atoms with E-state index in [2.05, 4.69) is 10.6 Å². The van der Waals surface area contributed by atoms with E-state index in [1.54, 1.807) is 45.0 Å². The summed E-state index contributed by atoms with van der Waals surface area (Å²) in [5.74, 6) is -3.52. The van der Waals surface area contributed by atoms with Crippen LogP contribution < -0.4 is 10.6 Å². The van der Waals surface area contributed by atoms with Crippen LogP contribution in [-0.4, -0.2) is 53.1 Å². The molecule has 0 aliphatic carbocycles. The number of carbonyl (C=O) groups is 3. The van der Waals surface area contributed by atoms with Crippen LogP contribution in [0.15, 0.2) is 24.3 Å². The van der Waals surface area contributed by atoms with Gasteiger partial charge >= 0.3 is 18.0 Å². The first-order valence-corrected chi connectivity index (χ1v) is 9.35. The summed E-state index contributed by atoms with van der Waals surface area (Å²) in [7, 11) is 0. The molecule has 0 saturated heterocycles. The smallest absolute Gasteiger partial charge is 0.408 e. The fraction of sp³-hybridized carbons (Fsp3) is 0.550. The second-order valence-corrected chi connectivity index (χ2v) is 7.68. The number of hydrogen-bond acceptors (Lipinski definition) is 5. The molecular weight excluding hydrogens is 383 g/mol. The van der Waals surface area contributed by atoms with Crippen molar-refractivity contribution in [3.8, 4) is 0 Å². The minimum atomic E-state index is -1.40. The quantitative estimate of drug-likeness (QED) is 0.412. The van der Waals surface area contributed by atoms with Gasteiger partial charge in [-0.3, -0.25) is 9.18 Å². The Balaban J connectivity index is 2.76. The number of carbonyl (C=O) groups excluding carboxylic acids is 1. The van der Waals surface area contributed by atoms with E-state index in [9.17, 15) is 29.0 Å². The van der Waals surface area contributed by atoms with Gasteiger partial charge in [0.25, 0.3) is 0 Å². The van der Waals surface area contributed by atoms with Crippen LogP contribution >= 0.6 is 0 Å². The first-order chi connectivity index (χ1) is 13.5. The Labute approximate surface area is 169 Å². The zero-order valence-electron chi connectivity index (χ0n) is 16.9. The molecule has 9 heteroatoms. The third-order valence-electron chi connectivity index (χ3n) is 3.93. The fourth-order valence-corrected chi connectivity index (χ4v) is 2.57. The highest BCUT2D eigenvalue weighted by Gasteiger charge is 2.30. The van der Waals surface area contributed by atoms with Crippen LogP contribution in [0.25, 0.3) is 0 Å². The summed E-state index contributed by atoms with van der Waals surface area (Å²) >= 11 is 0. The summed E-state index contributed by atoms with van der Waals surface area (Å²) in [6.45, 7) is 4.99. The summed E-state index contributed by atoms with van der Waals surface area (Å²) in [5.41, 5.74) is 0.679. The van der Waals surface area contributed by atoms with Crippen LogP contribution in [0.4, 0.5) is 14.9 Å². The standard InChI is InChI=1S/C20H29FN2O6/c1-20(2,3)29-19(28)23-16(18(26)27)12-14(17(24)25)11-13-5-7-15(8-6-13)22-10-4-9-21/h5-8,14,16,22H,4,9-12H2,1-3H3,(H,23,28)(H,24,25)(H,26,27)/t14-,16-/m0/s1. The maximum atomic E-state index is 12.1. The number of hydrogen-bond donors (Lipinski definition) is 4. The SMILES string of the molecule is CC(C)(C)OC(=O)N[C@@H](C[C@H](Cc1ccc(NCCCF)cc1)C(=O)O)C(=O)O. The molecule has 0 aromatic heterocycles. The largest absolute Gasteiger partial charge is 0.481 e. The zero-order valence-corrected chi connectivity index (χ0v) is 16.9. The van der Waals surface area contributed by atoms with Gasteiger partial charge in [0.15, 0.2) is 0 Å². The Morgan fingerprint density at radius 1 is 1.10 bits per heavy atom. The number of alkyl carbamates (subject to hydrolysis) is 1. The summed E-state index contributed by atoms with van der Waals surface area (Å²) in [4.78, 5) is 35.0. The highest BCUT2D eigenvalue weighted by atomic mass is 19.1. The van der Waals surface area contributed by atoms with E-state index in [0.29, 0.717) is 18.5 Å². The van der Waals surface area contributed by atoms with Crippen LogP contribution in [0.3, 0.4) is 0 Å². The highest BCUT2D eigenvalue weighted by Crippen LogP contribution is 2.18. The van der Waals surface area contributed by atoms with Crippen LogP contribution in [0.2, 0.25) is 0 Å². The van der Waals surface area contributed by atoms with Gasteiger partial charge in [0.2, 0.25) is 0 Å². The molecule has 0 unspecified atom stereocenters. The van der Waals surface area contributed by atoms with Crippen LogP contribution in [0.1, 0.15) is 39.2 Å². The minimum absolute atomic E-state index is 0.0971. The maximum absolute atomic E-state index is 12.1. The van der Waals surface area contributed by atoms with Crippen molar-refractivity contribution >= 4 is 23.7 Å². The van der Waals surface area contributed by atoms with Crippen molar-refractivity contribution in [1.82, 2.24) is 5.32 Å².